The van der Waals surface area contributed by atoms with Crippen molar-refractivity contribution in [2.24, 2.45) is 40.2 Å². The normalized spacial score (nSPS) is 39.5. The average molecular weight is 413 g/mol. The first-order valence-electron chi connectivity index (χ1n) is 12.1. The summed E-state index contributed by atoms with van der Waals surface area (Å²) in [4.78, 5) is 14.0. The lowest BCUT2D eigenvalue weighted by Crippen LogP contribution is -2.52. The maximum atomic E-state index is 9.71. The van der Waals surface area contributed by atoms with E-state index in [2.05, 4.69) is 46.7 Å². The fraction of sp³-hybridized carbons (Fsp3) is 0.760. The summed E-state index contributed by atoms with van der Waals surface area (Å²) in [6, 6.07) is -0.461. The number of amides is 2. The maximum Gasteiger partial charge on any atom is 0.312 e. The van der Waals surface area contributed by atoms with Gasteiger partial charge in [0, 0.05) is 30.1 Å². The molecule has 0 spiro atoms. The summed E-state index contributed by atoms with van der Waals surface area (Å²) >= 11 is 0. The smallest absolute Gasteiger partial charge is 0.312 e. The molecule has 5 rings (SSSR count). The van der Waals surface area contributed by atoms with Crippen molar-refractivity contribution in [3.63, 3.8) is 0 Å². The van der Waals surface area contributed by atoms with Gasteiger partial charge in [0.15, 0.2) is 0 Å². The van der Waals surface area contributed by atoms with Crippen molar-refractivity contribution >= 4 is 11.7 Å². The van der Waals surface area contributed by atoms with Gasteiger partial charge in [-0.15, -0.1) is 0 Å². The Morgan fingerprint density at radius 2 is 2.03 bits per heavy atom. The van der Waals surface area contributed by atoms with Crippen molar-refractivity contribution in [2.75, 3.05) is 6.54 Å². The fourth-order valence-corrected chi connectivity index (χ4v) is 7.82. The van der Waals surface area contributed by atoms with Crippen LogP contribution in [0.25, 0.3) is 5.70 Å². The number of primary amides is 1. The quantitative estimate of drug-likeness (QED) is 0.679. The lowest BCUT2D eigenvalue weighted by Gasteiger charge is -2.60. The van der Waals surface area contributed by atoms with E-state index in [0.717, 1.165) is 23.7 Å². The molecule has 0 bridgehead atoms. The first-order chi connectivity index (χ1) is 14.4. The van der Waals surface area contributed by atoms with Gasteiger partial charge >= 0.3 is 6.03 Å². The third-order valence-electron chi connectivity index (χ3n) is 9.26. The van der Waals surface area contributed by atoms with Gasteiger partial charge in [-0.3, -0.25) is 0 Å². The van der Waals surface area contributed by atoms with E-state index in [1.807, 2.05) is 19.4 Å². The maximum absolute atomic E-state index is 9.71. The van der Waals surface area contributed by atoms with E-state index in [1.54, 1.807) is 5.70 Å². The predicted molar refractivity (Wildman–Crippen MR) is 121 cm³/mol. The minimum absolute atomic E-state index is 0.375. The molecule has 5 heteroatoms. The fourth-order valence-electron chi connectivity index (χ4n) is 7.82. The van der Waals surface area contributed by atoms with Crippen LogP contribution in [0.5, 0.6) is 0 Å². The van der Waals surface area contributed by atoms with Gasteiger partial charge in [0.05, 0.1) is 6.33 Å². The van der Waals surface area contributed by atoms with Crippen molar-refractivity contribution in [2.45, 2.75) is 78.6 Å². The lowest BCUT2D eigenvalue weighted by molar-refractivity contribution is -0.0960. The van der Waals surface area contributed by atoms with Gasteiger partial charge in [-0.2, -0.15) is 0 Å². The Morgan fingerprint density at radius 3 is 2.70 bits per heavy atom. The van der Waals surface area contributed by atoms with Gasteiger partial charge in [0.2, 0.25) is 0 Å². The molecule has 0 radical (unpaired) electrons. The Hall–Kier alpha value is -1.78. The molecule has 1 heterocycles. The highest BCUT2D eigenvalue weighted by Gasteiger charge is 2.58. The molecule has 5 nitrogen and oxygen atoms in total. The highest BCUT2D eigenvalue weighted by Crippen LogP contribution is 2.66. The molecule has 0 aromatic carbocycles. The number of nitrogens with two attached hydrogens (primary N) is 1. The highest BCUT2D eigenvalue weighted by atomic mass is 16.2. The average Bonchev–Trinajstić information content (AvgIpc) is 3.34. The van der Waals surface area contributed by atoms with Crippen LogP contribution in [-0.4, -0.2) is 22.1 Å². The van der Waals surface area contributed by atoms with Gasteiger partial charge in [-0.25, -0.2) is 9.78 Å². The second-order valence-electron chi connectivity index (χ2n) is 10.5. The molecular formula is C25H40N4O. The monoisotopic (exact) mass is 412 g/mol. The third kappa shape index (κ3) is 3.58. The van der Waals surface area contributed by atoms with E-state index >= 15 is 0 Å². The standard InChI is InChI=1S/C22H32N2.C3H8N2O/c1-21-11-4-3-5-16(21)6-7-17-18-8-9-20(24-14-13-23-15-24)22(18,2)12-10-19(17)21;1-2-5-3(4)6/h9,13-19H,3-8,10-12H2,1-2H3;2H2,1H3,(H3,4,5,6). The van der Waals surface area contributed by atoms with Crippen LogP contribution in [0.1, 0.15) is 78.6 Å². The van der Waals surface area contributed by atoms with E-state index in [4.69, 9.17) is 0 Å². The summed E-state index contributed by atoms with van der Waals surface area (Å²) in [5.41, 5.74) is 7.22. The lowest BCUT2D eigenvalue weighted by atomic mass is 9.45. The summed E-state index contributed by atoms with van der Waals surface area (Å²) in [5.74, 6) is 3.85. The third-order valence-corrected chi connectivity index (χ3v) is 9.26. The van der Waals surface area contributed by atoms with Gasteiger partial charge in [-0.1, -0.05) is 32.8 Å². The predicted octanol–water partition coefficient (Wildman–Crippen LogP) is 5.44. The number of allylic oxidation sites excluding steroid dienone is 2. The van der Waals surface area contributed by atoms with Crippen LogP contribution in [0.4, 0.5) is 4.79 Å². The van der Waals surface area contributed by atoms with E-state index in [-0.39, 0.29) is 0 Å². The first-order valence-corrected chi connectivity index (χ1v) is 12.1. The first kappa shape index (κ1) is 21.5. The zero-order valence-electron chi connectivity index (χ0n) is 19.1. The van der Waals surface area contributed by atoms with Crippen molar-refractivity contribution < 1.29 is 4.79 Å². The minimum Gasteiger partial charge on any atom is -0.352 e. The molecule has 3 saturated carbocycles. The Labute approximate surface area is 181 Å². The Morgan fingerprint density at radius 1 is 1.20 bits per heavy atom. The second-order valence-corrected chi connectivity index (χ2v) is 10.5. The zero-order valence-corrected chi connectivity index (χ0v) is 19.1. The van der Waals surface area contributed by atoms with Crippen molar-refractivity contribution in [1.82, 2.24) is 14.9 Å². The summed E-state index contributed by atoms with van der Waals surface area (Å²) in [6.45, 7) is 7.65. The number of urea groups is 1. The molecule has 1 aromatic heterocycles. The number of nitrogens with one attached hydrogen (secondary N) is 1. The largest absolute Gasteiger partial charge is 0.352 e. The molecule has 0 saturated heterocycles. The summed E-state index contributed by atoms with van der Waals surface area (Å²) in [6.07, 6.45) is 21.7. The van der Waals surface area contributed by atoms with Gasteiger partial charge in [0.25, 0.3) is 0 Å². The van der Waals surface area contributed by atoms with Crippen LogP contribution in [0.3, 0.4) is 0 Å². The highest BCUT2D eigenvalue weighted by molar-refractivity contribution is 5.71. The number of imidazole rings is 1. The van der Waals surface area contributed by atoms with Gasteiger partial charge in [0.1, 0.15) is 0 Å². The number of hydrogen-bond acceptors (Lipinski definition) is 2. The number of nitrogens with zero attached hydrogens (tertiary/aromatic N) is 2. The summed E-state index contributed by atoms with van der Waals surface area (Å²) in [5, 5.41) is 2.35. The second kappa shape index (κ2) is 8.39. The van der Waals surface area contributed by atoms with E-state index < -0.39 is 6.03 Å². The van der Waals surface area contributed by atoms with Crippen molar-refractivity contribution in [3.8, 4) is 0 Å². The molecule has 166 valence electrons. The molecule has 6 atom stereocenters. The molecule has 1 aromatic rings. The van der Waals surface area contributed by atoms with E-state index in [0.29, 0.717) is 17.4 Å². The Kier molecular flexibility index (Phi) is 6.00. The molecule has 4 aliphatic carbocycles. The van der Waals surface area contributed by atoms with E-state index in [9.17, 15) is 4.79 Å². The SMILES string of the molecule is CC12CCC3C(CCC4CCCCC43C)C1CC=C2n1ccnc1.CCNC(N)=O. The van der Waals surface area contributed by atoms with Crippen LogP contribution in [0, 0.1) is 34.5 Å². The van der Waals surface area contributed by atoms with Crippen LogP contribution in [0.2, 0.25) is 0 Å². The topological polar surface area (TPSA) is 72.9 Å². The summed E-state index contributed by atoms with van der Waals surface area (Å²) in [7, 11) is 0. The van der Waals surface area contributed by atoms with E-state index in [1.165, 1.54) is 57.8 Å². The van der Waals surface area contributed by atoms with Crippen LogP contribution in [-0.2, 0) is 0 Å². The van der Waals surface area contributed by atoms with Crippen LogP contribution >= 0.6 is 0 Å². The number of carbonyl (C=O) groups is 1. The zero-order chi connectivity index (χ0) is 21.4. The number of rotatable bonds is 2. The van der Waals surface area contributed by atoms with Gasteiger partial charge < -0.3 is 15.6 Å². The number of aromatic nitrogens is 2. The molecule has 6 unspecified atom stereocenters. The molecular weight excluding hydrogens is 372 g/mol. The molecule has 3 fully saturated rings. The molecule has 3 N–H and O–H groups in total. The van der Waals surface area contributed by atoms with Crippen molar-refractivity contribution in [3.05, 3.63) is 24.8 Å². The number of hydrogen-bond donors (Lipinski definition) is 2. The van der Waals surface area contributed by atoms with Crippen molar-refractivity contribution in [1.29, 1.82) is 0 Å². The molecule has 0 aliphatic heterocycles. The molecule has 30 heavy (non-hydrogen) atoms. The molecule has 2 amide bonds. The van der Waals surface area contributed by atoms with Gasteiger partial charge in [-0.05, 0) is 81.0 Å². The van der Waals surface area contributed by atoms with Crippen LogP contribution < -0.4 is 11.1 Å². The van der Waals surface area contributed by atoms with Crippen LogP contribution in [0.15, 0.2) is 24.8 Å². The minimum atomic E-state index is -0.461. The number of carbonyl (C=O) groups excluding carboxylic acids is 1. The Balaban J connectivity index is 0.000000322. The number of fused-ring (bicyclic) bond motifs is 5. The Bertz CT molecular complexity index is 772. The molecule has 4 aliphatic rings. The summed E-state index contributed by atoms with van der Waals surface area (Å²) < 4.78 is 2.30.